The van der Waals surface area contributed by atoms with Crippen LogP contribution in [-0.2, 0) is 5.41 Å². The lowest BCUT2D eigenvalue weighted by molar-refractivity contribution is 0.578. The van der Waals surface area contributed by atoms with Gasteiger partial charge in [0.2, 0.25) is 0 Å². The van der Waals surface area contributed by atoms with Gasteiger partial charge in [-0.05, 0) is 29.0 Å². The van der Waals surface area contributed by atoms with Crippen LogP contribution in [0.15, 0.2) is 18.2 Å². The Labute approximate surface area is 98.4 Å². The highest BCUT2D eigenvalue weighted by Crippen LogP contribution is 2.35. The van der Waals surface area contributed by atoms with E-state index in [1.54, 1.807) is 0 Å². The first-order chi connectivity index (χ1) is 7.39. The third-order valence-corrected chi connectivity index (χ3v) is 3.48. The van der Waals surface area contributed by atoms with Crippen LogP contribution in [0.1, 0.15) is 44.4 Å². The average molecular weight is 218 g/mol. The van der Waals surface area contributed by atoms with Gasteiger partial charge in [0.1, 0.15) is 0 Å². The van der Waals surface area contributed by atoms with Crippen LogP contribution in [0.5, 0.6) is 0 Å². The molecule has 16 heavy (non-hydrogen) atoms. The molecule has 1 aromatic rings. The van der Waals surface area contributed by atoms with E-state index in [9.17, 15) is 0 Å². The quantitative estimate of drug-likeness (QED) is 0.725. The zero-order valence-corrected chi connectivity index (χ0v) is 10.7. The zero-order chi connectivity index (χ0) is 11.9. The van der Waals surface area contributed by atoms with Gasteiger partial charge >= 0.3 is 0 Å². The molecule has 0 radical (unpaired) electrons. The third kappa shape index (κ3) is 1.94. The molecule has 0 saturated heterocycles. The summed E-state index contributed by atoms with van der Waals surface area (Å²) in [5.74, 6) is 0. The molecular formula is C14H22N2. The van der Waals surface area contributed by atoms with E-state index in [2.05, 4.69) is 50.9 Å². The molecule has 88 valence electrons. The highest BCUT2D eigenvalue weighted by molar-refractivity contribution is 5.58. The smallest absolute Gasteiger partial charge is 0.0412 e. The number of benzene rings is 1. The van der Waals surface area contributed by atoms with Gasteiger partial charge in [0.25, 0.3) is 0 Å². The van der Waals surface area contributed by atoms with E-state index >= 15 is 0 Å². The molecule has 1 aliphatic rings. The van der Waals surface area contributed by atoms with Crippen molar-refractivity contribution in [2.45, 2.75) is 38.6 Å². The SMILES string of the molecule is CN1CCC(N)c2cc(C(C)(C)C)ccc21. The van der Waals surface area contributed by atoms with E-state index in [-0.39, 0.29) is 11.5 Å². The monoisotopic (exact) mass is 218 g/mol. The van der Waals surface area contributed by atoms with Crippen molar-refractivity contribution in [2.24, 2.45) is 5.73 Å². The van der Waals surface area contributed by atoms with Crippen molar-refractivity contribution in [3.05, 3.63) is 29.3 Å². The molecule has 1 aromatic carbocycles. The van der Waals surface area contributed by atoms with Gasteiger partial charge in [0, 0.05) is 25.3 Å². The molecule has 0 saturated carbocycles. The van der Waals surface area contributed by atoms with Crippen LogP contribution in [0, 0.1) is 0 Å². The lowest BCUT2D eigenvalue weighted by Gasteiger charge is -2.33. The van der Waals surface area contributed by atoms with Crippen molar-refractivity contribution in [3.63, 3.8) is 0 Å². The Hall–Kier alpha value is -1.02. The van der Waals surface area contributed by atoms with E-state index < -0.39 is 0 Å². The van der Waals surface area contributed by atoms with Gasteiger partial charge in [-0.25, -0.2) is 0 Å². The zero-order valence-electron chi connectivity index (χ0n) is 10.7. The molecule has 0 amide bonds. The first-order valence-corrected chi connectivity index (χ1v) is 6.01. The molecule has 2 nitrogen and oxygen atoms in total. The minimum absolute atomic E-state index is 0.199. The van der Waals surface area contributed by atoms with Crippen LogP contribution >= 0.6 is 0 Å². The van der Waals surface area contributed by atoms with E-state index in [4.69, 9.17) is 5.73 Å². The van der Waals surface area contributed by atoms with Crippen LogP contribution in [0.3, 0.4) is 0 Å². The van der Waals surface area contributed by atoms with Gasteiger partial charge in [-0.3, -0.25) is 0 Å². The fourth-order valence-corrected chi connectivity index (χ4v) is 2.27. The van der Waals surface area contributed by atoms with Crippen LogP contribution in [0.25, 0.3) is 0 Å². The van der Waals surface area contributed by atoms with Gasteiger partial charge in [-0.15, -0.1) is 0 Å². The minimum Gasteiger partial charge on any atom is -0.374 e. The predicted molar refractivity (Wildman–Crippen MR) is 70.0 cm³/mol. The maximum atomic E-state index is 6.19. The molecule has 1 unspecified atom stereocenters. The maximum absolute atomic E-state index is 6.19. The van der Waals surface area contributed by atoms with Gasteiger partial charge in [-0.1, -0.05) is 32.9 Å². The fourth-order valence-electron chi connectivity index (χ4n) is 2.27. The van der Waals surface area contributed by atoms with Crippen LogP contribution < -0.4 is 10.6 Å². The molecule has 0 aliphatic carbocycles. The lowest BCUT2D eigenvalue weighted by Crippen LogP contribution is -2.31. The second kappa shape index (κ2) is 3.77. The van der Waals surface area contributed by atoms with E-state index in [1.807, 2.05) is 0 Å². The summed E-state index contributed by atoms with van der Waals surface area (Å²) in [4.78, 5) is 2.30. The topological polar surface area (TPSA) is 29.3 Å². The molecule has 2 heteroatoms. The van der Waals surface area contributed by atoms with Gasteiger partial charge in [0.05, 0.1) is 0 Å². The predicted octanol–water partition coefficient (Wildman–Crippen LogP) is 2.82. The second-order valence-corrected chi connectivity index (χ2v) is 5.84. The lowest BCUT2D eigenvalue weighted by atomic mass is 9.84. The van der Waals surface area contributed by atoms with E-state index in [0.29, 0.717) is 0 Å². The number of nitrogens with two attached hydrogens (primary N) is 1. The number of hydrogen-bond acceptors (Lipinski definition) is 2. The summed E-state index contributed by atoms with van der Waals surface area (Å²) in [6.45, 7) is 7.79. The molecule has 1 heterocycles. The summed E-state index contributed by atoms with van der Waals surface area (Å²) in [6.07, 6.45) is 1.05. The fraction of sp³-hybridized carbons (Fsp3) is 0.571. The number of hydrogen-bond donors (Lipinski definition) is 1. The van der Waals surface area contributed by atoms with Crippen LogP contribution in [0.4, 0.5) is 5.69 Å². The second-order valence-electron chi connectivity index (χ2n) is 5.84. The summed E-state index contributed by atoms with van der Waals surface area (Å²) < 4.78 is 0. The summed E-state index contributed by atoms with van der Waals surface area (Å²) >= 11 is 0. The molecule has 0 fully saturated rings. The van der Waals surface area contributed by atoms with Crippen LogP contribution in [0.2, 0.25) is 0 Å². The number of rotatable bonds is 0. The van der Waals surface area contributed by atoms with Gasteiger partial charge < -0.3 is 10.6 Å². The Morgan fingerprint density at radius 2 is 2.00 bits per heavy atom. The molecule has 0 aromatic heterocycles. The van der Waals surface area contributed by atoms with E-state index in [1.165, 1.54) is 16.8 Å². The first kappa shape index (κ1) is 11.5. The Kier molecular flexibility index (Phi) is 2.70. The van der Waals surface area contributed by atoms with Crippen molar-refractivity contribution in [3.8, 4) is 0 Å². The highest BCUT2D eigenvalue weighted by atomic mass is 15.1. The molecule has 2 N–H and O–H groups in total. The molecule has 0 bridgehead atoms. The van der Waals surface area contributed by atoms with Gasteiger partial charge in [-0.2, -0.15) is 0 Å². The highest BCUT2D eigenvalue weighted by Gasteiger charge is 2.23. The van der Waals surface area contributed by atoms with E-state index in [0.717, 1.165) is 13.0 Å². The molecular weight excluding hydrogens is 196 g/mol. The Bertz CT molecular complexity index is 390. The largest absolute Gasteiger partial charge is 0.374 e. The Balaban J connectivity index is 2.48. The average Bonchev–Trinajstić information content (AvgIpc) is 2.22. The summed E-state index contributed by atoms with van der Waals surface area (Å²) in [6, 6.07) is 6.94. The number of fused-ring (bicyclic) bond motifs is 1. The normalized spacial score (nSPS) is 20.8. The van der Waals surface area contributed by atoms with Crippen molar-refractivity contribution < 1.29 is 0 Å². The third-order valence-electron chi connectivity index (χ3n) is 3.48. The van der Waals surface area contributed by atoms with Crippen molar-refractivity contribution in [1.29, 1.82) is 0 Å². The Morgan fingerprint density at radius 1 is 1.31 bits per heavy atom. The number of nitrogens with zero attached hydrogens (tertiary/aromatic N) is 1. The summed E-state index contributed by atoms with van der Waals surface area (Å²) in [5.41, 5.74) is 10.4. The minimum atomic E-state index is 0.199. The molecule has 1 aliphatic heterocycles. The molecule has 2 rings (SSSR count). The summed E-state index contributed by atoms with van der Waals surface area (Å²) in [7, 11) is 2.14. The van der Waals surface area contributed by atoms with Crippen molar-refractivity contribution in [2.75, 3.05) is 18.5 Å². The van der Waals surface area contributed by atoms with Crippen molar-refractivity contribution >= 4 is 5.69 Å². The van der Waals surface area contributed by atoms with Crippen LogP contribution in [-0.4, -0.2) is 13.6 Å². The van der Waals surface area contributed by atoms with Crippen molar-refractivity contribution in [1.82, 2.24) is 0 Å². The maximum Gasteiger partial charge on any atom is 0.0412 e. The standard InChI is InChI=1S/C14H22N2/c1-14(2,3)10-5-6-13-11(9-10)12(15)7-8-16(13)4/h5-6,9,12H,7-8,15H2,1-4H3. The Morgan fingerprint density at radius 3 is 2.62 bits per heavy atom. The number of anilines is 1. The molecule has 1 atom stereocenters. The van der Waals surface area contributed by atoms with Gasteiger partial charge in [0.15, 0.2) is 0 Å². The first-order valence-electron chi connectivity index (χ1n) is 6.01. The summed E-state index contributed by atoms with van der Waals surface area (Å²) in [5, 5.41) is 0. The molecule has 0 spiro atoms.